The van der Waals surface area contributed by atoms with Crippen molar-refractivity contribution in [3.63, 3.8) is 0 Å². The number of benzene rings is 1. The highest BCUT2D eigenvalue weighted by molar-refractivity contribution is 7.89. The Kier molecular flexibility index (Phi) is 7.03. The van der Waals surface area contributed by atoms with E-state index in [1.54, 1.807) is 18.5 Å². The van der Waals surface area contributed by atoms with Crippen LogP contribution in [0, 0.1) is 20.8 Å². The second kappa shape index (κ2) is 9.37. The summed E-state index contributed by atoms with van der Waals surface area (Å²) in [7, 11) is 0.273. The average molecular weight is 450 g/mol. The number of carbonyl (C=O) groups is 1. The number of morpholine rings is 1. The summed E-state index contributed by atoms with van der Waals surface area (Å²) in [6.07, 6.45) is 0.185. The van der Waals surface area contributed by atoms with Gasteiger partial charge in [0.1, 0.15) is 4.90 Å². The Morgan fingerprint density at radius 2 is 1.87 bits per heavy atom. The van der Waals surface area contributed by atoms with Crippen molar-refractivity contribution >= 4 is 27.3 Å². The summed E-state index contributed by atoms with van der Waals surface area (Å²) in [5.41, 5.74) is 3.87. The number of anilines is 2. The molecule has 1 saturated heterocycles. The van der Waals surface area contributed by atoms with Gasteiger partial charge in [-0.2, -0.15) is 9.40 Å². The third-order valence-electron chi connectivity index (χ3n) is 5.41. The van der Waals surface area contributed by atoms with E-state index in [0.29, 0.717) is 44.2 Å². The van der Waals surface area contributed by atoms with E-state index in [1.807, 2.05) is 44.1 Å². The molecule has 10 heteroatoms. The fraction of sp³-hybridized carbons (Fsp3) is 0.524. The van der Waals surface area contributed by atoms with Crippen LogP contribution in [-0.2, 0) is 26.1 Å². The topological polar surface area (TPSA) is 96.8 Å². The van der Waals surface area contributed by atoms with E-state index in [4.69, 9.17) is 4.74 Å². The number of hydrogen-bond donors (Lipinski definition) is 1. The quantitative estimate of drug-likeness (QED) is 0.694. The van der Waals surface area contributed by atoms with Gasteiger partial charge in [-0.05, 0) is 38.5 Å². The zero-order chi connectivity index (χ0) is 22.8. The number of rotatable bonds is 7. The van der Waals surface area contributed by atoms with E-state index in [2.05, 4.69) is 10.4 Å². The Morgan fingerprint density at radius 3 is 2.52 bits per heavy atom. The zero-order valence-electron chi connectivity index (χ0n) is 18.8. The van der Waals surface area contributed by atoms with Gasteiger partial charge in [0.2, 0.25) is 15.9 Å². The van der Waals surface area contributed by atoms with Crippen LogP contribution in [0.25, 0.3) is 0 Å². The Balaban J connectivity index is 1.69. The van der Waals surface area contributed by atoms with Crippen LogP contribution in [0.15, 0.2) is 23.1 Å². The first-order chi connectivity index (χ1) is 14.6. The first-order valence-electron chi connectivity index (χ1n) is 10.3. The van der Waals surface area contributed by atoms with Crippen LogP contribution in [0.2, 0.25) is 0 Å². The molecule has 1 aliphatic rings. The van der Waals surface area contributed by atoms with Crippen LogP contribution in [0.4, 0.5) is 11.4 Å². The van der Waals surface area contributed by atoms with E-state index < -0.39 is 10.0 Å². The number of aromatic nitrogens is 2. The predicted octanol–water partition coefficient (Wildman–Crippen LogP) is 1.92. The molecule has 1 amide bonds. The zero-order valence-corrected chi connectivity index (χ0v) is 19.6. The smallest absolute Gasteiger partial charge is 0.246 e. The Morgan fingerprint density at radius 1 is 1.19 bits per heavy atom. The van der Waals surface area contributed by atoms with Crippen LogP contribution in [0.3, 0.4) is 0 Å². The number of ether oxygens (including phenoxy) is 1. The molecule has 31 heavy (non-hydrogen) atoms. The summed E-state index contributed by atoms with van der Waals surface area (Å²) in [6, 6.07) is 5.77. The molecule has 0 aliphatic carbocycles. The van der Waals surface area contributed by atoms with Crippen molar-refractivity contribution in [2.45, 2.75) is 38.6 Å². The molecule has 9 nitrogen and oxygen atoms in total. The largest absolute Gasteiger partial charge is 0.379 e. The van der Waals surface area contributed by atoms with Gasteiger partial charge in [0.15, 0.2) is 0 Å². The Labute approximate surface area is 184 Å². The summed E-state index contributed by atoms with van der Waals surface area (Å²) in [6.45, 7) is 7.18. The maximum atomic E-state index is 13.1. The Bertz CT molecular complexity index is 1060. The predicted molar refractivity (Wildman–Crippen MR) is 120 cm³/mol. The molecule has 0 saturated carbocycles. The highest BCUT2D eigenvalue weighted by Gasteiger charge is 2.32. The van der Waals surface area contributed by atoms with E-state index in [0.717, 1.165) is 16.9 Å². The van der Waals surface area contributed by atoms with Crippen LogP contribution in [0.1, 0.15) is 23.4 Å². The van der Waals surface area contributed by atoms with Gasteiger partial charge in [0.25, 0.3) is 0 Å². The highest BCUT2D eigenvalue weighted by atomic mass is 32.2. The van der Waals surface area contributed by atoms with Gasteiger partial charge in [-0.15, -0.1) is 0 Å². The monoisotopic (exact) mass is 449 g/mol. The molecule has 2 heterocycles. The van der Waals surface area contributed by atoms with Crippen molar-refractivity contribution in [1.29, 1.82) is 0 Å². The summed E-state index contributed by atoms with van der Waals surface area (Å²) in [5, 5.41) is 7.30. The SMILES string of the molecule is Cc1ccc(NC(=O)CCn2nc(C)c(S(=O)(=O)N3CCOCC3)c2C)cc1N(C)C. The normalized spacial score (nSPS) is 15.1. The van der Waals surface area contributed by atoms with Crippen LogP contribution in [-0.4, -0.2) is 68.8 Å². The van der Waals surface area contributed by atoms with Crippen LogP contribution in [0.5, 0.6) is 0 Å². The number of aryl methyl sites for hydroxylation is 3. The van der Waals surface area contributed by atoms with Gasteiger partial charge in [-0.25, -0.2) is 8.42 Å². The van der Waals surface area contributed by atoms with Crippen molar-refractivity contribution < 1.29 is 17.9 Å². The number of carbonyl (C=O) groups excluding carboxylic acids is 1. The van der Waals surface area contributed by atoms with Gasteiger partial charge in [0.05, 0.1) is 31.1 Å². The molecule has 1 fully saturated rings. The molecule has 0 radical (unpaired) electrons. The Hall–Kier alpha value is -2.43. The number of sulfonamides is 1. The first kappa shape index (κ1) is 23.2. The standard InChI is InChI=1S/C21H31N5O4S/c1-15-6-7-18(14-19(15)24(4)5)22-20(27)8-9-26-17(3)21(16(2)23-26)31(28,29)25-10-12-30-13-11-25/h6-7,14H,8-13H2,1-5H3,(H,22,27). The lowest BCUT2D eigenvalue weighted by atomic mass is 10.1. The molecule has 3 rings (SSSR count). The van der Waals surface area contributed by atoms with Crippen LogP contribution >= 0.6 is 0 Å². The van der Waals surface area contributed by atoms with Crippen molar-refractivity contribution in [3.05, 3.63) is 35.2 Å². The minimum Gasteiger partial charge on any atom is -0.379 e. The van der Waals surface area contributed by atoms with E-state index >= 15 is 0 Å². The fourth-order valence-corrected chi connectivity index (χ4v) is 5.57. The van der Waals surface area contributed by atoms with E-state index in [-0.39, 0.29) is 17.2 Å². The first-order valence-corrected chi connectivity index (χ1v) is 11.7. The lowest BCUT2D eigenvalue weighted by Gasteiger charge is -2.26. The van der Waals surface area contributed by atoms with E-state index in [9.17, 15) is 13.2 Å². The molecule has 170 valence electrons. The minimum atomic E-state index is -3.64. The second-order valence-corrected chi connectivity index (χ2v) is 9.81. The molecule has 1 aromatic carbocycles. The molecule has 0 bridgehead atoms. The summed E-state index contributed by atoms with van der Waals surface area (Å²) in [5.74, 6) is -0.154. The van der Waals surface area contributed by atoms with Gasteiger partial charge in [0, 0.05) is 45.0 Å². The molecule has 1 aliphatic heterocycles. The number of nitrogens with one attached hydrogen (secondary N) is 1. The lowest BCUT2D eigenvalue weighted by molar-refractivity contribution is -0.116. The number of nitrogens with zero attached hydrogens (tertiary/aromatic N) is 4. The van der Waals surface area contributed by atoms with Crippen molar-refractivity contribution in [1.82, 2.24) is 14.1 Å². The number of hydrogen-bond acceptors (Lipinski definition) is 6. The summed E-state index contributed by atoms with van der Waals surface area (Å²) in [4.78, 5) is 14.7. The molecule has 2 aromatic rings. The van der Waals surface area contributed by atoms with E-state index in [1.165, 1.54) is 4.31 Å². The van der Waals surface area contributed by atoms with Crippen molar-refractivity contribution in [2.75, 3.05) is 50.6 Å². The molecular weight excluding hydrogens is 418 g/mol. The minimum absolute atomic E-state index is 0.154. The molecule has 0 unspecified atom stereocenters. The van der Waals surface area contributed by atoms with Gasteiger partial charge >= 0.3 is 0 Å². The maximum Gasteiger partial charge on any atom is 0.246 e. The lowest BCUT2D eigenvalue weighted by Crippen LogP contribution is -2.41. The maximum absolute atomic E-state index is 13.1. The molecule has 1 aromatic heterocycles. The summed E-state index contributed by atoms with van der Waals surface area (Å²) >= 11 is 0. The van der Waals surface area contributed by atoms with Crippen LogP contribution < -0.4 is 10.2 Å². The fourth-order valence-electron chi connectivity index (χ4n) is 3.79. The van der Waals surface area contributed by atoms with Gasteiger partial charge in [-0.1, -0.05) is 6.07 Å². The van der Waals surface area contributed by atoms with Gasteiger partial charge < -0.3 is 15.0 Å². The van der Waals surface area contributed by atoms with Crippen molar-refractivity contribution in [3.8, 4) is 0 Å². The molecule has 0 spiro atoms. The molecule has 0 atom stereocenters. The molecule has 1 N–H and O–H groups in total. The van der Waals surface area contributed by atoms with Gasteiger partial charge in [-0.3, -0.25) is 9.48 Å². The second-order valence-electron chi connectivity index (χ2n) is 7.93. The third-order valence-corrected chi connectivity index (χ3v) is 7.56. The van der Waals surface area contributed by atoms with Crippen molar-refractivity contribution in [2.24, 2.45) is 0 Å². The average Bonchev–Trinajstić information content (AvgIpc) is 3.02. The third kappa shape index (κ3) is 5.08. The number of amides is 1. The highest BCUT2D eigenvalue weighted by Crippen LogP contribution is 2.25. The summed E-state index contributed by atoms with van der Waals surface area (Å²) < 4.78 is 34.4. The molecular formula is C21H31N5O4S.